The Morgan fingerprint density at radius 1 is 1.15 bits per heavy atom. The Morgan fingerprint density at radius 2 is 1.78 bits per heavy atom. The SMILES string of the molecule is C[C@@H](C(=O)Nc1ccccc1[N+](=O)[O-])N1CCC(Cc2ccccc2)CC1. The van der Waals surface area contributed by atoms with Gasteiger partial charge in [-0.1, -0.05) is 42.5 Å². The van der Waals surface area contributed by atoms with Crippen LogP contribution < -0.4 is 5.32 Å². The molecule has 0 unspecified atom stereocenters. The number of benzene rings is 2. The zero-order valence-electron chi connectivity index (χ0n) is 15.5. The Labute approximate surface area is 159 Å². The number of hydrogen-bond acceptors (Lipinski definition) is 4. The molecule has 6 nitrogen and oxygen atoms in total. The van der Waals surface area contributed by atoms with Crippen molar-refractivity contribution in [3.05, 3.63) is 70.3 Å². The molecule has 142 valence electrons. The quantitative estimate of drug-likeness (QED) is 0.621. The van der Waals surface area contributed by atoms with Crippen LogP contribution in [0.1, 0.15) is 25.3 Å². The Morgan fingerprint density at radius 3 is 2.44 bits per heavy atom. The van der Waals surface area contributed by atoms with Crippen LogP contribution in [0.15, 0.2) is 54.6 Å². The fraction of sp³-hybridized carbons (Fsp3) is 0.381. The topological polar surface area (TPSA) is 75.5 Å². The van der Waals surface area contributed by atoms with Gasteiger partial charge in [0.05, 0.1) is 11.0 Å². The summed E-state index contributed by atoms with van der Waals surface area (Å²) in [7, 11) is 0. The van der Waals surface area contributed by atoms with Crippen molar-refractivity contribution in [3.8, 4) is 0 Å². The third-order valence-electron chi connectivity index (χ3n) is 5.30. The van der Waals surface area contributed by atoms with Crippen LogP contribution in [0.25, 0.3) is 0 Å². The lowest BCUT2D eigenvalue weighted by Gasteiger charge is -2.35. The maximum absolute atomic E-state index is 12.6. The molecule has 6 heteroatoms. The van der Waals surface area contributed by atoms with E-state index in [0.29, 0.717) is 5.92 Å². The summed E-state index contributed by atoms with van der Waals surface area (Å²) < 4.78 is 0. The van der Waals surface area contributed by atoms with Gasteiger partial charge in [-0.25, -0.2) is 0 Å². The Balaban J connectivity index is 1.54. The predicted molar refractivity (Wildman–Crippen MR) is 106 cm³/mol. The molecule has 27 heavy (non-hydrogen) atoms. The standard InChI is InChI=1S/C21H25N3O3/c1-16(21(25)22-19-9-5-6-10-20(19)24(26)27)23-13-11-18(12-14-23)15-17-7-3-2-4-8-17/h2-10,16,18H,11-15H2,1H3,(H,22,25)/t16-/m0/s1. The fourth-order valence-electron chi connectivity index (χ4n) is 3.63. The van der Waals surface area contributed by atoms with Gasteiger partial charge in [0.15, 0.2) is 0 Å². The van der Waals surface area contributed by atoms with Crippen molar-refractivity contribution in [1.82, 2.24) is 4.90 Å². The summed E-state index contributed by atoms with van der Waals surface area (Å²) in [6, 6.07) is 16.4. The summed E-state index contributed by atoms with van der Waals surface area (Å²) in [5, 5.41) is 13.8. The first-order valence-electron chi connectivity index (χ1n) is 9.37. The molecular formula is C21H25N3O3. The number of nitrogens with zero attached hydrogens (tertiary/aromatic N) is 2. The first kappa shape index (κ1) is 19.0. The Bertz CT molecular complexity index is 786. The van der Waals surface area contributed by atoms with Crippen molar-refractivity contribution in [3.63, 3.8) is 0 Å². The second-order valence-electron chi connectivity index (χ2n) is 7.11. The highest BCUT2D eigenvalue weighted by molar-refractivity contribution is 5.96. The number of nitro groups is 1. The molecule has 0 aromatic heterocycles. The van der Waals surface area contributed by atoms with E-state index in [2.05, 4.69) is 34.5 Å². The van der Waals surface area contributed by atoms with Gasteiger partial charge < -0.3 is 5.32 Å². The average Bonchev–Trinajstić information content (AvgIpc) is 2.69. The number of nitrogens with one attached hydrogen (secondary N) is 1. The van der Waals surface area contributed by atoms with Crippen molar-refractivity contribution < 1.29 is 9.72 Å². The lowest BCUT2D eigenvalue weighted by molar-refractivity contribution is -0.383. The lowest BCUT2D eigenvalue weighted by atomic mass is 9.89. The van der Waals surface area contributed by atoms with Crippen LogP contribution in [0.4, 0.5) is 11.4 Å². The van der Waals surface area contributed by atoms with Crippen LogP contribution in [-0.4, -0.2) is 34.9 Å². The fourth-order valence-corrected chi connectivity index (χ4v) is 3.63. The van der Waals surface area contributed by atoms with Crippen molar-refractivity contribution >= 4 is 17.3 Å². The van der Waals surface area contributed by atoms with Crippen LogP contribution in [0.5, 0.6) is 0 Å². The number of para-hydroxylation sites is 2. The number of nitro benzene ring substituents is 1. The number of likely N-dealkylation sites (tertiary alicyclic amines) is 1. The molecule has 0 bridgehead atoms. The highest BCUT2D eigenvalue weighted by atomic mass is 16.6. The summed E-state index contributed by atoms with van der Waals surface area (Å²) in [6.45, 7) is 3.59. The summed E-state index contributed by atoms with van der Waals surface area (Å²) in [5.41, 5.74) is 1.52. The van der Waals surface area contributed by atoms with Crippen LogP contribution in [0, 0.1) is 16.0 Å². The lowest BCUT2D eigenvalue weighted by Crippen LogP contribution is -2.46. The molecule has 1 amide bonds. The predicted octanol–water partition coefficient (Wildman–Crippen LogP) is 3.88. The number of rotatable bonds is 6. The first-order valence-corrected chi connectivity index (χ1v) is 9.37. The molecule has 1 saturated heterocycles. The monoisotopic (exact) mass is 367 g/mol. The van der Waals surface area contributed by atoms with Crippen LogP contribution in [0.2, 0.25) is 0 Å². The number of piperidine rings is 1. The van der Waals surface area contributed by atoms with Gasteiger partial charge >= 0.3 is 0 Å². The van der Waals surface area contributed by atoms with E-state index in [1.165, 1.54) is 11.6 Å². The van der Waals surface area contributed by atoms with Gasteiger partial charge in [0.2, 0.25) is 5.91 Å². The minimum Gasteiger partial charge on any atom is -0.319 e. The summed E-state index contributed by atoms with van der Waals surface area (Å²) in [6.07, 6.45) is 3.18. The molecule has 0 spiro atoms. The molecule has 0 saturated carbocycles. The smallest absolute Gasteiger partial charge is 0.292 e. The van der Waals surface area contributed by atoms with Crippen LogP contribution >= 0.6 is 0 Å². The molecule has 1 fully saturated rings. The van der Waals surface area contributed by atoms with Gasteiger partial charge in [0.1, 0.15) is 5.69 Å². The molecule has 1 aliphatic rings. The van der Waals surface area contributed by atoms with E-state index in [1.54, 1.807) is 18.2 Å². The van der Waals surface area contributed by atoms with Crippen molar-refractivity contribution in [2.75, 3.05) is 18.4 Å². The van der Waals surface area contributed by atoms with E-state index in [4.69, 9.17) is 0 Å². The molecule has 0 aliphatic carbocycles. The Kier molecular flexibility index (Phi) is 6.19. The molecule has 2 aromatic carbocycles. The maximum atomic E-state index is 12.6. The van der Waals surface area contributed by atoms with E-state index < -0.39 is 4.92 Å². The summed E-state index contributed by atoms with van der Waals surface area (Å²) in [4.78, 5) is 25.4. The van der Waals surface area contributed by atoms with Gasteiger partial charge in [-0.05, 0) is 56.8 Å². The molecule has 3 rings (SSSR count). The molecule has 2 aromatic rings. The largest absolute Gasteiger partial charge is 0.319 e. The van der Waals surface area contributed by atoms with Crippen LogP contribution in [-0.2, 0) is 11.2 Å². The first-order chi connectivity index (χ1) is 13.0. The van der Waals surface area contributed by atoms with Crippen molar-refractivity contribution in [2.24, 2.45) is 5.92 Å². The van der Waals surface area contributed by atoms with Gasteiger partial charge in [-0.2, -0.15) is 0 Å². The molecule has 0 radical (unpaired) electrons. The van der Waals surface area contributed by atoms with E-state index in [9.17, 15) is 14.9 Å². The minimum atomic E-state index is -0.477. The van der Waals surface area contributed by atoms with Gasteiger partial charge in [0, 0.05) is 6.07 Å². The molecule has 1 atom stereocenters. The average molecular weight is 367 g/mol. The molecular weight excluding hydrogens is 342 g/mol. The summed E-state index contributed by atoms with van der Waals surface area (Å²) in [5.74, 6) is 0.430. The van der Waals surface area contributed by atoms with Crippen LogP contribution in [0.3, 0.4) is 0 Å². The van der Waals surface area contributed by atoms with E-state index in [-0.39, 0.29) is 23.3 Å². The number of amides is 1. The highest BCUT2D eigenvalue weighted by Gasteiger charge is 2.27. The van der Waals surface area contributed by atoms with Gasteiger partial charge in [-0.3, -0.25) is 19.8 Å². The third-order valence-corrected chi connectivity index (χ3v) is 5.30. The zero-order valence-corrected chi connectivity index (χ0v) is 15.5. The van der Waals surface area contributed by atoms with E-state index in [1.807, 2.05) is 13.0 Å². The number of carbonyl (C=O) groups excluding carboxylic acids is 1. The van der Waals surface area contributed by atoms with Crippen molar-refractivity contribution in [1.29, 1.82) is 0 Å². The maximum Gasteiger partial charge on any atom is 0.292 e. The molecule has 1 heterocycles. The summed E-state index contributed by atoms with van der Waals surface area (Å²) >= 11 is 0. The normalized spacial score (nSPS) is 16.6. The third kappa shape index (κ3) is 4.92. The van der Waals surface area contributed by atoms with E-state index in [0.717, 1.165) is 32.4 Å². The van der Waals surface area contributed by atoms with E-state index >= 15 is 0 Å². The zero-order chi connectivity index (χ0) is 19.2. The minimum absolute atomic E-state index is 0.0837. The van der Waals surface area contributed by atoms with Crippen molar-refractivity contribution in [2.45, 2.75) is 32.2 Å². The highest BCUT2D eigenvalue weighted by Crippen LogP contribution is 2.25. The second kappa shape index (κ2) is 8.77. The van der Waals surface area contributed by atoms with Gasteiger partial charge in [-0.15, -0.1) is 0 Å². The number of hydrogen-bond donors (Lipinski definition) is 1. The number of anilines is 1. The number of carbonyl (C=O) groups is 1. The van der Waals surface area contributed by atoms with Gasteiger partial charge in [0.25, 0.3) is 5.69 Å². The molecule has 1 aliphatic heterocycles. The second-order valence-corrected chi connectivity index (χ2v) is 7.11. The Hall–Kier alpha value is -2.73. The molecule has 1 N–H and O–H groups in total.